The SMILES string of the molecule is COc1cccc2c1CCN(c1nn3cc(-c4ccc(F)cc4)nc3s1)C2. The zero-order chi connectivity index (χ0) is 18.4. The standard InChI is InChI=1S/C20H17FN4OS/c1-26-18-4-2-3-14-11-24(10-9-16(14)18)20-23-25-12-17(22-19(25)27-20)13-5-7-15(21)8-6-13/h2-8,12H,9-11H2,1H3. The molecule has 7 heteroatoms. The van der Waals surface area contributed by atoms with Crippen LogP contribution in [0.5, 0.6) is 5.75 Å². The number of aromatic nitrogens is 3. The van der Waals surface area contributed by atoms with Crippen LogP contribution >= 0.6 is 11.3 Å². The average molecular weight is 380 g/mol. The van der Waals surface area contributed by atoms with E-state index in [4.69, 9.17) is 9.84 Å². The minimum Gasteiger partial charge on any atom is -0.496 e. The minimum absolute atomic E-state index is 0.248. The molecule has 0 amide bonds. The number of imidazole rings is 1. The first kappa shape index (κ1) is 16.3. The minimum atomic E-state index is -0.248. The summed E-state index contributed by atoms with van der Waals surface area (Å²) >= 11 is 1.57. The molecule has 1 aliphatic heterocycles. The molecule has 3 heterocycles. The Labute approximate surface area is 159 Å². The highest BCUT2D eigenvalue weighted by Gasteiger charge is 2.22. The topological polar surface area (TPSA) is 42.7 Å². The molecule has 27 heavy (non-hydrogen) atoms. The van der Waals surface area contributed by atoms with Gasteiger partial charge in [-0.2, -0.15) is 0 Å². The summed E-state index contributed by atoms with van der Waals surface area (Å²) in [5.41, 5.74) is 4.25. The highest BCUT2D eigenvalue weighted by Crippen LogP contribution is 2.33. The zero-order valence-electron chi connectivity index (χ0n) is 14.7. The van der Waals surface area contributed by atoms with Crippen LogP contribution in [0.15, 0.2) is 48.7 Å². The second-order valence-electron chi connectivity index (χ2n) is 6.51. The summed E-state index contributed by atoms with van der Waals surface area (Å²) in [6, 6.07) is 12.6. The van der Waals surface area contributed by atoms with Gasteiger partial charge in [0.25, 0.3) is 0 Å². The Bertz CT molecular complexity index is 1090. The predicted molar refractivity (Wildman–Crippen MR) is 104 cm³/mol. The summed E-state index contributed by atoms with van der Waals surface area (Å²) in [7, 11) is 1.72. The second kappa shape index (κ2) is 6.35. The fourth-order valence-corrected chi connectivity index (χ4v) is 4.41. The Morgan fingerprint density at radius 3 is 2.78 bits per heavy atom. The van der Waals surface area contributed by atoms with Crippen LogP contribution in [0.2, 0.25) is 0 Å². The number of rotatable bonds is 3. The molecule has 0 N–H and O–H groups in total. The molecule has 0 saturated heterocycles. The molecule has 2 aromatic heterocycles. The number of hydrogen-bond donors (Lipinski definition) is 0. The fraction of sp³-hybridized carbons (Fsp3) is 0.200. The van der Waals surface area contributed by atoms with E-state index in [1.807, 2.05) is 18.3 Å². The van der Waals surface area contributed by atoms with Crippen molar-refractivity contribution in [2.24, 2.45) is 0 Å². The van der Waals surface area contributed by atoms with Gasteiger partial charge in [0.2, 0.25) is 10.1 Å². The Kier molecular flexibility index (Phi) is 3.82. The summed E-state index contributed by atoms with van der Waals surface area (Å²) in [5, 5.41) is 5.66. The van der Waals surface area contributed by atoms with Crippen molar-refractivity contribution >= 4 is 21.4 Å². The maximum Gasteiger partial charge on any atom is 0.214 e. The van der Waals surface area contributed by atoms with Gasteiger partial charge in [-0.15, -0.1) is 5.10 Å². The van der Waals surface area contributed by atoms with E-state index in [0.29, 0.717) is 0 Å². The van der Waals surface area contributed by atoms with Crippen molar-refractivity contribution in [3.05, 3.63) is 65.6 Å². The third kappa shape index (κ3) is 2.84. The lowest BCUT2D eigenvalue weighted by Crippen LogP contribution is -2.30. The smallest absolute Gasteiger partial charge is 0.214 e. The molecule has 0 radical (unpaired) electrons. The molecule has 0 unspecified atom stereocenters. The maximum atomic E-state index is 13.1. The van der Waals surface area contributed by atoms with Crippen LogP contribution in [-0.4, -0.2) is 28.3 Å². The molecule has 1 aliphatic rings. The first-order valence-electron chi connectivity index (χ1n) is 8.73. The van der Waals surface area contributed by atoms with E-state index in [2.05, 4.69) is 16.0 Å². The maximum absolute atomic E-state index is 13.1. The van der Waals surface area contributed by atoms with E-state index in [1.54, 1.807) is 35.1 Å². The molecule has 0 saturated carbocycles. The van der Waals surface area contributed by atoms with Gasteiger partial charge in [-0.3, -0.25) is 0 Å². The van der Waals surface area contributed by atoms with Crippen molar-refractivity contribution in [1.82, 2.24) is 14.6 Å². The molecule has 2 aromatic carbocycles. The van der Waals surface area contributed by atoms with Crippen molar-refractivity contribution in [2.45, 2.75) is 13.0 Å². The number of methoxy groups -OCH3 is 1. The number of ether oxygens (including phenoxy) is 1. The summed E-state index contributed by atoms with van der Waals surface area (Å²) in [6.45, 7) is 1.71. The van der Waals surface area contributed by atoms with Gasteiger partial charge in [0.15, 0.2) is 0 Å². The van der Waals surface area contributed by atoms with Gasteiger partial charge < -0.3 is 9.64 Å². The second-order valence-corrected chi connectivity index (χ2v) is 7.45. The van der Waals surface area contributed by atoms with E-state index in [0.717, 1.165) is 46.6 Å². The lowest BCUT2D eigenvalue weighted by molar-refractivity contribution is 0.407. The Hall–Kier alpha value is -2.93. The number of hydrogen-bond acceptors (Lipinski definition) is 5. The summed E-state index contributed by atoms with van der Waals surface area (Å²) in [4.78, 5) is 7.76. The van der Waals surface area contributed by atoms with Crippen LogP contribution in [0.1, 0.15) is 11.1 Å². The molecular weight excluding hydrogens is 363 g/mol. The molecule has 5 nitrogen and oxygen atoms in total. The normalized spacial score (nSPS) is 13.8. The monoisotopic (exact) mass is 380 g/mol. The molecule has 0 bridgehead atoms. The van der Waals surface area contributed by atoms with Crippen LogP contribution in [0.3, 0.4) is 0 Å². The zero-order valence-corrected chi connectivity index (χ0v) is 15.5. The number of halogens is 1. The molecule has 0 spiro atoms. The number of fused-ring (bicyclic) bond motifs is 2. The molecule has 0 aliphatic carbocycles. The van der Waals surface area contributed by atoms with E-state index in [1.165, 1.54) is 23.3 Å². The largest absolute Gasteiger partial charge is 0.496 e. The van der Waals surface area contributed by atoms with Crippen LogP contribution in [-0.2, 0) is 13.0 Å². The molecule has 136 valence electrons. The summed E-state index contributed by atoms with van der Waals surface area (Å²) in [5.74, 6) is 0.715. The quantitative estimate of drug-likeness (QED) is 0.535. The lowest BCUT2D eigenvalue weighted by atomic mass is 9.99. The van der Waals surface area contributed by atoms with Crippen LogP contribution in [0.4, 0.5) is 9.52 Å². The summed E-state index contributed by atoms with van der Waals surface area (Å²) in [6.07, 6.45) is 2.82. The van der Waals surface area contributed by atoms with E-state index < -0.39 is 0 Å². The van der Waals surface area contributed by atoms with E-state index in [9.17, 15) is 4.39 Å². The summed E-state index contributed by atoms with van der Waals surface area (Å²) < 4.78 is 20.4. The first-order valence-corrected chi connectivity index (χ1v) is 9.55. The highest BCUT2D eigenvalue weighted by atomic mass is 32.1. The van der Waals surface area contributed by atoms with E-state index in [-0.39, 0.29) is 5.82 Å². The van der Waals surface area contributed by atoms with Crippen molar-refractivity contribution in [3.63, 3.8) is 0 Å². The lowest BCUT2D eigenvalue weighted by Gasteiger charge is -2.29. The number of anilines is 1. The van der Waals surface area contributed by atoms with Gasteiger partial charge in [0.05, 0.1) is 19.0 Å². The molecule has 0 fully saturated rings. The molecule has 0 atom stereocenters. The highest BCUT2D eigenvalue weighted by molar-refractivity contribution is 7.20. The first-order chi connectivity index (χ1) is 13.2. The van der Waals surface area contributed by atoms with Crippen molar-refractivity contribution in [1.29, 1.82) is 0 Å². The third-order valence-electron chi connectivity index (χ3n) is 4.89. The van der Waals surface area contributed by atoms with Crippen molar-refractivity contribution < 1.29 is 9.13 Å². The van der Waals surface area contributed by atoms with Gasteiger partial charge in [0, 0.05) is 24.2 Å². The predicted octanol–water partition coefficient (Wildman–Crippen LogP) is 4.17. The van der Waals surface area contributed by atoms with Crippen LogP contribution in [0.25, 0.3) is 16.2 Å². The van der Waals surface area contributed by atoms with E-state index >= 15 is 0 Å². The van der Waals surface area contributed by atoms with Gasteiger partial charge in [0.1, 0.15) is 11.6 Å². The van der Waals surface area contributed by atoms with Gasteiger partial charge in [-0.25, -0.2) is 13.9 Å². The van der Waals surface area contributed by atoms with Crippen molar-refractivity contribution in [2.75, 3.05) is 18.6 Å². The van der Waals surface area contributed by atoms with Crippen LogP contribution in [0, 0.1) is 5.82 Å². The van der Waals surface area contributed by atoms with Gasteiger partial charge in [-0.1, -0.05) is 23.5 Å². The Morgan fingerprint density at radius 1 is 1.15 bits per heavy atom. The fourth-order valence-electron chi connectivity index (χ4n) is 3.51. The Balaban J connectivity index is 1.43. The molecule has 5 rings (SSSR count). The number of nitrogens with zero attached hydrogens (tertiary/aromatic N) is 4. The number of benzene rings is 2. The van der Waals surface area contributed by atoms with Crippen molar-refractivity contribution in [3.8, 4) is 17.0 Å². The average Bonchev–Trinajstić information content (AvgIpc) is 3.27. The van der Waals surface area contributed by atoms with Gasteiger partial charge in [-0.05, 0) is 42.3 Å². The molecule has 4 aromatic rings. The Morgan fingerprint density at radius 2 is 2.00 bits per heavy atom. The van der Waals surface area contributed by atoms with Crippen LogP contribution < -0.4 is 9.64 Å². The van der Waals surface area contributed by atoms with Gasteiger partial charge >= 0.3 is 0 Å². The third-order valence-corrected chi connectivity index (χ3v) is 5.87. The molecular formula is C20H17FN4OS.